The highest BCUT2D eigenvalue weighted by Gasteiger charge is 2.26. The van der Waals surface area contributed by atoms with Crippen LogP contribution in [-0.4, -0.2) is 39.2 Å². The molecular weight excluding hydrogens is 437 g/mol. The van der Waals surface area contributed by atoms with Crippen LogP contribution in [0.25, 0.3) is 16.6 Å². The quantitative estimate of drug-likeness (QED) is 0.237. The summed E-state index contributed by atoms with van der Waals surface area (Å²) in [6, 6.07) is 14.0. The number of aryl methyl sites for hydroxylation is 1. The molecule has 8 nitrogen and oxygen atoms in total. The van der Waals surface area contributed by atoms with E-state index in [1.54, 1.807) is 17.6 Å². The lowest BCUT2D eigenvalue weighted by atomic mass is 10.1. The number of halogens is 1. The highest BCUT2D eigenvalue weighted by Crippen LogP contribution is 2.31. The number of hydrogen-bond acceptors (Lipinski definition) is 6. The van der Waals surface area contributed by atoms with E-state index in [4.69, 9.17) is 10.5 Å². The van der Waals surface area contributed by atoms with Crippen LogP contribution in [0.5, 0.6) is 5.75 Å². The third-order valence-electron chi connectivity index (χ3n) is 5.73. The average molecular weight is 459 g/mol. The lowest BCUT2D eigenvalue weighted by molar-refractivity contribution is -0.137. The monoisotopic (exact) mass is 459 g/mol. The highest BCUT2D eigenvalue weighted by molar-refractivity contribution is 6.06. The van der Waals surface area contributed by atoms with Crippen LogP contribution in [0.4, 0.5) is 15.8 Å². The number of hydrogen-bond donors (Lipinski definition) is 3. The van der Waals surface area contributed by atoms with Crippen molar-refractivity contribution >= 4 is 28.7 Å². The Morgan fingerprint density at radius 2 is 2.06 bits per heavy atom. The number of phenols is 1. The molecule has 0 amide bonds. The van der Waals surface area contributed by atoms with Crippen LogP contribution >= 0.6 is 0 Å². The van der Waals surface area contributed by atoms with Gasteiger partial charge in [-0.15, -0.1) is 0 Å². The standard InChI is InChI=1S/C25H22FN5O3/c1-14-7-22(32)19(26)10-20(14)30-25(27)18-11-28-31-12-16(15-5-3-2-4-6-15)8-21(31)24(18)29-17-9-23(33)34-13-17/h2-8,10-12,17,29,32H,9,13H2,1H3,(H2,27,30)/t17-/m0/s1. The van der Waals surface area contributed by atoms with Gasteiger partial charge in [-0.1, -0.05) is 30.3 Å². The molecule has 1 atom stereocenters. The van der Waals surface area contributed by atoms with Crippen molar-refractivity contribution in [3.63, 3.8) is 0 Å². The lowest BCUT2D eigenvalue weighted by Crippen LogP contribution is -2.24. The van der Waals surface area contributed by atoms with Crippen molar-refractivity contribution in [1.29, 1.82) is 0 Å². The minimum absolute atomic E-state index is 0.110. The number of esters is 1. The molecule has 3 heterocycles. The Kier molecular flexibility index (Phi) is 5.37. The van der Waals surface area contributed by atoms with E-state index in [1.165, 1.54) is 6.07 Å². The number of rotatable bonds is 5. The Labute approximate surface area is 194 Å². The van der Waals surface area contributed by atoms with Crippen LogP contribution in [0.3, 0.4) is 0 Å². The van der Waals surface area contributed by atoms with Crippen LogP contribution in [-0.2, 0) is 9.53 Å². The number of anilines is 1. The zero-order valence-electron chi connectivity index (χ0n) is 18.3. The molecule has 1 fully saturated rings. The first-order valence-corrected chi connectivity index (χ1v) is 10.7. The summed E-state index contributed by atoms with van der Waals surface area (Å²) in [5, 5.41) is 17.5. The highest BCUT2D eigenvalue weighted by atomic mass is 19.1. The number of nitrogens with zero attached hydrogens (tertiary/aromatic N) is 3. The first kappa shape index (κ1) is 21.4. The van der Waals surface area contributed by atoms with Gasteiger partial charge in [-0.2, -0.15) is 5.10 Å². The first-order valence-electron chi connectivity index (χ1n) is 10.7. The van der Waals surface area contributed by atoms with Gasteiger partial charge in [0.05, 0.1) is 41.1 Å². The fourth-order valence-corrected chi connectivity index (χ4v) is 3.97. The molecule has 2 aromatic carbocycles. The van der Waals surface area contributed by atoms with E-state index in [9.17, 15) is 14.3 Å². The molecule has 0 radical (unpaired) electrons. The summed E-state index contributed by atoms with van der Waals surface area (Å²) >= 11 is 0. The van der Waals surface area contributed by atoms with E-state index in [2.05, 4.69) is 15.4 Å². The number of nitrogens with one attached hydrogen (secondary N) is 1. The third-order valence-corrected chi connectivity index (χ3v) is 5.73. The van der Waals surface area contributed by atoms with Gasteiger partial charge in [-0.05, 0) is 30.2 Å². The van der Waals surface area contributed by atoms with Gasteiger partial charge in [0.25, 0.3) is 0 Å². The summed E-state index contributed by atoms with van der Waals surface area (Å²) in [6.07, 6.45) is 3.70. The van der Waals surface area contributed by atoms with Gasteiger partial charge in [0.2, 0.25) is 0 Å². The number of aliphatic imine (C=N–C) groups is 1. The van der Waals surface area contributed by atoms with Gasteiger partial charge >= 0.3 is 5.97 Å². The smallest absolute Gasteiger partial charge is 0.308 e. The number of phenolic OH excluding ortho intramolecular Hbond substituents is 1. The molecule has 1 aliphatic heterocycles. The zero-order chi connectivity index (χ0) is 23.8. The summed E-state index contributed by atoms with van der Waals surface area (Å²) in [4.78, 5) is 16.1. The summed E-state index contributed by atoms with van der Waals surface area (Å²) in [5.74, 6) is -1.41. The molecule has 0 saturated carbocycles. The molecule has 0 aliphatic carbocycles. The van der Waals surface area contributed by atoms with Crippen molar-refractivity contribution in [3.05, 3.63) is 77.9 Å². The molecule has 0 unspecified atom stereocenters. The second-order valence-corrected chi connectivity index (χ2v) is 8.17. The number of nitrogens with two attached hydrogens (primary N) is 1. The molecule has 4 aromatic rings. The normalized spacial score (nSPS) is 16.1. The number of amidine groups is 1. The summed E-state index contributed by atoms with van der Waals surface area (Å²) in [7, 11) is 0. The van der Waals surface area contributed by atoms with Crippen molar-refractivity contribution < 1.29 is 19.0 Å². The van der Waals surface area contributed by atoms with Crippen LogP contribution in [0.15, 0.2) is 65.9 Å². The molecule has 172 valence electrons. The number of cyclic esters (lactones) is 1. The molecule has 0 bridgehead atoms. The molecule has 34 heavy (non-hydrogen) atoms. The largest absolute Gasteiger partial charge is 0.505 e. The Hall–Kier alpha value is -4.40. The predicted molar refractivity (Wildman–Crippen MR) is 127 cm³/mol. The maximum atomic E-state index is 13.9. The van der Waals surface area contributed by atoms with E-state index < -0.39 is 11.6 Å². The number of carbonyl (C=O) groups is 1. The van der Waals surface area contributed by atoms with Crippen LogP contribution in [0, 0.1) is 12.7 Å². The van der Waals surface area contributed by atoms with Crippen LogP contribution in [0.2, 0.25) is 0 Å². The third kappa shape index (κ3) is 4.03. The topological polar surface area (TPSA) is 114 Å². The Morgan fingerprint density at radius 1 is 1.26 bits per heavy atom. The molecule has 2 aromatic heterocycles. The number of carbonyl (C=O) groups excluding carboxylic acids is 1. The summed E-state index contributed by atoms with van der Waals surface area (Å²) in [6.45, 7) is 1.94. The second kappa shape index (κ2) is 8.51. The molecule has 0 spiro atoms. The Morgan fingerprint density at radius 3 is 2.79 bits per heavy atom. The number of benzene rings is 2. The van der Waals surface area contributed by atoms with Crippen molar-refractivity contribution in [2.75, 3.05) is 11.9 Å². The second-order valence-electron chi connectivity index (χ2n) is 8.17. The van der Waals surface area contributed by atoms with Gasteiger partial charge in [-0.3, -0.25) is 4.79 Å². The van der Waals surface area contributed by atoms with Gasteiger partial charge in [-0.25, -0.2) is 13.9 Å². The fraction of sp³-hybridized carbons (Fsp3) is 0.160. The van der Waals surface area contributed by atoms with Crippen LogP contribution in [0.1, 0.15) is 17.5 Å². The van der Waals surface area contributed by atoms with Crippen molar-refractivity contribution in [2.24, 2.45) is 10.7 Å². The molecule has 1 aliphatic rings. The van der Waals surface area contributed by atoms with Crippen molar-refractivity contribution in [2.45, 2.75) is 19.4 Å². The van der Waals surface area contributed by atoms with E-state index in [0.29, 0.717) is 22.5 Å². The molecule has 4 N–H and O–H groups in total. The molecule has 5 rings (SSSR count). The van der Waals surface area contributed by atoms with Crippen molar-refractivity contribution in [3.8, 4) is 16.9 Å². The number of aromatic nitrogens is 2. The molecule has 9 heteroatoms. The fourth-order valence-electron chi connectivity index (χ4n) is 3.97. The van der Waals surface area contributed by atoms with E-state index in [0.717, 1.165) is 22.7 Å². The minimum atomic E-state index is -0.787. The number of ether oxygens (including phenoxy) is 1. The van der Waals surface area contributed by atoms with Crippen LogP contribution < -0.4 is 11.1 Å². The number of aromatic hydroxyl groups is 1. The average Bonchev–Trinajstić information content (AvgIpc) is 3.44. The SMILES string of the molecule is Cc1cc(O)c(F)cc1N=C(N)c1cnn2cc(-c3ccccc3)cc2c1N[C@@H]1COC(=O)C1. The maximum absolute atomic E-state index is 13.9. The Balaban J connectivity index is 1.63. The van der Waals surface area contributed by atoms with Crippen molar-refractivity contribution in [1.82, 2.24) is 9.61 Å². The van der Waals surface area contributed by atoms with E-state index in [-0.39, 0.29) is 30.9 Å². The Bertz CT molecular complexity index is 1430. The van der Waals surface area contributed by atoms with Gasteiger partial charge in [0.15, 0.2) is 11.6 Å². The summed E-state index contributed by atoms with van der Waals surface area (Å²) in [5.41, 5.74) is 11.1. The maximum Gasteiger partial charge on any atom is 0.308 e. The van der Waals surface area contributed by atoms with Gasteiger partial charge in [0, 0.05) is 17.8 Å². The van der Waals surface area contributed by atoms with E-state index >= 15 is 0 Å². The first-order chi connectivity index (χ1) is 16.4. The predicted octanol–water partition coefficient (Wildman–Crippen LogP) is 3.92. The minimum Gasteiger partial charge on any atom is -0.505 e. The van der Waals surface area contributed by atoms with Gasteiger partial charge in [0.1, 0.15) is 12.4 Å². The van der Waals surface area contributed by atoms with Gasteiger partial charge < -0.3 is 20.9 Å². The summed E-state index contributed by atoms with van der Waals surface area (Å²) < 4.78 is 20.8. The number of fused-ring (bicyclic) bond motifs is 1. The van der Waals surface area contributed by atoms with E-state index in [1.807, 2.05) is 42.6 Å². The molecular formula is C25H22FN5O3. The molecule has 1 saturated heterocycles. The lowest BCUT2D eigenvalue weighted by Gasteiger charge is -2.16. The zero-order valence-corrected chi connectivity index (χ0v) is 18.3.